The molecule has 0 aromatic heterocycles. The number of thioether (sulfide) groups is 1. The molecule has 1 saturated heterocycles. The third-order valence-electron chi connectivity index (χ3n) is 4.63. The van der Waals surface area contributed by atoms with Crippen molar-refractivity contribution in [2.45, 2.75) is 57.9 Å². The highest BCUT2D eigenvalue weighted by Crippen LogP contribution is 2.44. The molecule has 0 aromatic rings. The largest absolute Gasteiger partial charge is 0.479 e. The standard InChI is InChI=1S/C15H25NO3S/c1-11(2)9-14(5-3-4-6-14)12(17)16-15(13(18)19)7-8-20-10-15/h11H,3-10H2,1-2H3,(H,16,17)(H,18,19). The molecular weight excluding hydrogens is 274 g/mol. The molecule has 114 valence electrons. The van der Waals surface area contributed by atoms with Crippen molar-refractivity contribution >= 4 is 23.6 Å². The van der Waals surface area contributed by atoms with Crippen molar-refractivity contribution in [2.75, 3.05) is 11.5 Å². The molecule has 1 unspecified atom stereocenters. The van der Waals surface area contributed by atoms with Crippen LogP contribution in [0.15, 0.2) is 0 Å². The lowest BCUT2D eigenvalue weighted by Crippen LogP contribution is -2.58. The molecule has 0 aromatic carbocycles. The van der Waals surface area contributed by atoms with E-state index in [4.69, 9.17) is 0 Å². The monoisotopic (exact) mass is 299 g/mol. The summed E-state index contributed by atoms with van der Waals surface area (Å²) in [7, 11) is 0. The Hall–Kier alpha value is -0.710. The number of carbonyl (C=O) groups is 2. The topological polar surface area (TPSA) is 66.4 Å². The summed E-state index contributed by atoms with van der Waals surface area (Å²) in [4.78, 5) is 24.4. The first-order valence-electron chi connectivity index (χ1n) is 7.54. The van der Waals surface area contributed by atoms with Gasteiger partial charge in [-0.2, -0.15) is 11.8 Å². The van der Waals surface area contributed by atoms with Crippen LogP contribution in [-0.2, 0) is 9.59 Å². The zero-order chi connectivity index (χ0) is 14.8. The predicted molar refractivity (Wildman–Crippen MR) is 80.8 cm³/mol. The highest BCUT2D eigenvalue weighted by atomic mass is 32.2. The third-order valence-corrected chi connectivity index (χ3v) is 5.81. The van der Waals surface area contributed by atoms with E-state index in [0.717, 1.165) is 37.9 Å². The lowest BCUT2D eigenvalue weighted by Gasteiger charge is -2.34. The molecule has 1 amide bonds. The summed E-state index contributed by atoms with van der Waals surface area (Å²) < 4.78 is 0. The molecule has 2 fully saturated rings. The van der Waals surface area contributed by atoms with Gasteiger partial charge in [0.15, 0.2) is 0 Å². The van der Waals surface area contributed by atoms with Gasteiger partial charge in [-0.1, -0.05) is 26.7 Å². The summed E-state index contributed by atoms with van der Waals surface area (Å²) in [6.45, 7) is 4.26. The fourth-order valence-corrected chi connectivity index (χ4v) is 4.92. The van der Waals surface area contributed by atoms with Gasteiger partial charge in [0.05, 0.1) is 0 Å². The minimum atomic E-state index is -1.03. The average molecular weight is 299 g/mol. The van der Waals surface area contributed by atoms with E-state index in [-0.39, 0.29) is 11.3 Å². The van der Waals surface area contributed by atoms with Crippen molar-refractivity contribution in [2.24, 2.45) is 11.3 Å². The van der Waals surface area contributed by atoms with E-state index in [0.29, 0.717) is 18.1 Å². The molecule has 1 aliphatic carbocycles. The van der Waals surface area contributed by atoms with Crippen LogP contribution in [0.5, 0.6) is 0 Å². The van der Waals surface area contributed by atoms with E-state index in [9.17, 15) is 14.7 Å². The Balaban J connectivity index is 2.14. The molecule has 1 saturated carbocycles. The number of carboxylic acid groups (broad SMARTS) is 1. The number of nitrogens with one attached hydrogen (secondary N) is 1. The lowest BCUT2D eigenvalue weighted by atomic mass is 9.77. The second-order valence-electron chi connectivity index (χ2n) is 6.73. The van der Waals surface area contributed by atoms with E-state index in [1.807, 2.05) is 0 Å². The van der Waals surface area contributed by atoms with Gasteiger partial charge in [0.2, 0.25) is 5.91 Å². The molecule has 0 spiro atoms. The molecule has 0 bridgehead atoms. The van der Waals surface area contributed by atoms with Crippen LogP contribution < -0.4 is 5.32 Å². The molecule has 1 atom stereocenters. The zero-order valence-corrected chi connectivity index (χ0v) is 13.2. The number of carbonyl (C=O) groups excluding carboxylic acids is 1. The Labute approximate surface area is 125 Å². The van der Waals surface area contributed by atoms with Crippen LogP contribution in [0.1, 0.15) is 52.4 Å². The number of carboxylic acids is 1. The van der Waals surface area contributed by atoms with Crippen molar-refractivity contribution < 1.29 is 14.7 Å². The second kappa shape index (κ2) is 5.96. The smallest absolute Gasteiger partial charge is 0.330 e. The van der Waals surface area contributed by atoms with Gasteiger partial charge in [0.25, 0.3) is 0 Å². The minimum absolute atomic E-state index is 0.0198. The predicted octanol–water partition coefficient (Wildman–Crippen LogP) is 2.67. The summed E-state index contributed by atoms with van der Waals surface area (Å²) in [6.07, 6.45) is 5.36. The summed E-state index contributed by atoms with van der Waals surface area (Å²) in [5, 5.41) is 12.4. The normalized spacial score (nSPS) is 28.8. The van der Waals surface area contributed by atoms with Crippen molar-refractivity contribution in [3.8, 4) is 0 Å². The number of aliphatic carboxylic acids is 1. The van der Waals surface area contributed by atoms with E-state index in [1.54, 1.807) is 11.8 Å². The first kappa shape index (κ1) is 15.7. The maximum atomic E-state index is 12.8. The van der Waals surface area contributed by atoms with E-state index < -0.39 is 11.5 Å². The Kier molecular flexibility index (Phi) is 4.67. The van der Waals surface area contributed by atoms with Crippen molar-refractivity contribution in [1.82, 2.24) is 5.32 Å². The van der Waals surface area contributed by atoms with Gasteiger partial charge in [-0.25, -0.2) is 4.79 Å². The van der Waals surface area contributed by atoms with Crippen molar-refractivity contribution in [3.63, 3.8) is 0 Å². The van der Waals surface area contributed by atoms with Crippen LogP contribution in [0.2, 0.25) is 0 Å². The van der Waals surface area contributed by atoms with E-state index in [1.165, 1.54) is 0 Å². The van der Waals surface area contributed by atoms with Gasteiger partial charge in [0.1, 0.15) is 5.54 Å². The summed E-state index contributed by atoms with van der Waals surface area (Å²) in [5.41, 5.74) is -1.36. The van der Waals surface area contributed by atoms with Gasteiger partial charge < -0.3 is 10.4 Å². The fourth-order valence-electron chi connectivity index (χ4n) is 3.59. The molecule has 5 heteroatoms. The van der Waals surface area contributed by atoms with Crippen LogP contribution >= 0.6 is 11.8 Å². The molecule has 4 nitrogen and oxygen atoms in total. The maximum absolute atomic E-state index is 12.8. The Bertz CT molecular complexity index is 383. The lowest BCUT2D eigenvalue weighted by molar-refractivity contribution is -0.148. The van der Waals surface area contributed by atoms with Crippen molar-refractivity contribution in [1.29, 1.82) is 0 Å². The second-order valence-corrected chi connectivity index (χ2v) is 7.83. The molecular formula is C15H25NO3S. The zero-order valence-electron chi connectivity index (χ0n) is 12.4. The molecule has 2 N–H and O–H groups in total. The molecule has 0 radical (unpaired) electrons. The first-order valence-corrected chi connectivity index (χ1v) is 8.69. The highest BCUT2D eigenvalue weighted by Gasteiger charge is 2.48. The van der Waals surface area contributed by atoms with Crippen LogP contribution in [0.25, 0.3) is 0 Å². The summed E-state index contributed by atoms with van der Waals surface area (Å²) in [6, 6.07) is 0. The number of hydrogen-bond donors (Lipinski definition) is 2. The number of rotatable bonds is 5. The van der Waals surface area contributed by atoms with Crippen LogP contribution in [-0.4, -0.2) is 34.0 Å². The van der Waals surface area contributed by atoms with E-state index >= 15 is 0 Å². The van der Waals surface area contributed by atoms with Crippen LogP contribution in [0, 0.1) is 11.3 Å². The first-order chi connectivity index (χ1) is 9.40. The number of hydrogen-bond acceptors (Lipinski definition) is 3. The molecule has 20 heavy (non-hydrogen) atoms. The van der Waals surface area contributed by atoms with Crippen LogP contribution in [0.4, 0.5) is 0 Å². The summed E-state index contributed by atoms with van der Waals surface area (Å²) in [5.74, 6) is 0.856. The van der Waals surface area contributed by atoms with Gasteiger partial charge in [-0.15, -0.1) is 0 Å². The van der Waals surface area contributed by atoms with Crippen LogP contribution in [0.3, 0.4) is 0 Å². The maximum Gasteiger partial charge on any atom is 0.330 e. The third kappa shape index (κ3) is 2.97. The number of amides is 1. The Morgan fingerprint density at radius 3 is 2.35 bits per heavy atom. The minimum Gasteiger partial charge on any atom is -0.479 e. The molecule has 2 aliphatic rings. The SMILES string of the molecule is CC(C)CC1(C(=O)NC2(C(=O)O)CCSC2)CCCC1. The fraction of sp³-hybridized carbons (Fsp3) is 0.867. The van der Waals surface area contributed by atoms with Gasteiger partial charge in [-0.3, -0.25) is 4.79 Å². The average Bonchev–Trinajstić information content (AvgIpc) is 2.98. The van der Waals surface area contributed by atoms with Gasteiger partial charge in [0, 0.05) is 11.2 Å². The summed E-state index contributed by atoms with van der Waals surface area (Å²) >= 11 is 1.61. The molecule has 1 aliphatic heterocycles. The quantitative estimate of drug-likeness (QED) is 0.819. The van der Waals surface area contributed by atoms with Gasteiger partial charge >= 0.3 is 5.97 Å². The van der Waals surface area contributed by atoms with E-state index in [2.05, 4.69) is 19.2 Å². The van der Waals surface area contributed by atoms with Crippen molar-refractivity contribution in [3.05, 3.63) is 0 Å². The Morgan fingerprint density at radius 2 is 1.90 bits per heavy atom. The Morgan fingerprint density at radius 1 is 1.25 bits per heavy atom. The molecule has 1 heterocycles. The molecule has 2 rings (SSSR count). The van der Waals surface area contributed by atoms with Gasteiger partial charge in [-0.05, 0) is 37.4 Å². The highest BCUT2D eigenvalue weighted by molar-refractivity contribution is 7.99.